The van der Waals surface area contributed by atoms with Crippen LogP contribution in [0.2, 0.25) is 0 Å². The van der Waals surface area contributed by atoms with Crippen molar-refractivity contribution in [3.63, 3.8) is 0 Å². The zero-order valence-electron chi connectivity index (χ0n) is 10.6. The first-order valence-corrected chi connectivity index (χ1v) is 6.44. The maximum Gasteiger partial charge on any atom is 0.264 e. The van der Waals surface area contributed by atoms with Gasteiger partial charge in [0.1, 0.15) is 6.61 Å². The molecule has 2 rings (SSSR count). The van der Waals surface area contributed by atoms with E-state index in [0.717, 1.165) is 0 Å². The van der Waals surface area contributed by atoms with Gasteiger partial charge in [-0.15, -0.1) is 0 Å². The van der Waals surface area contributed by atoms with Crippen LogP contribution in [0.3, 0.4) is 0 Å². The lowest BCUT2D eigenvalue weighted by Gasteiger charge is -2.26. The van der Waals surface area contributed by atoms with Crippen LogP contribution >= 0.6 is 12.2 Å². The molecule has 0 saturated heterocycles. The van der Waals surface area contributed by atoms with Crippen molar-refractivity contribution >= 4 is 23.1 Å². The summed E-state index contributed by atoms with van der Waals surface area (Å²) in [6.07, 6.45) is -0.186. The highest BCUT2D eigenvalue weighted by Gasteiger charge is 2.27. The van der Waals surface area contributed by atoms with Gasteiger partial charge in [0.25, 0.3) is 5.91 Å². The van der Waals surface area contributed by atoms with Crippen LogP contribution in [-0.4, -0.2) is 29.6 Å². The maximum atomic E-state index is 12.0. The molecule has 0 saturated carbocycles. The summed E-state index contributed by atoms with van der Waals surface area (Å²) in [6.45, 7) is 2.04. The Hall–Kier alpha value is -1.82. The molecule has 3 N–H and O–H groups in total. The van der Waals surface area contributed by atoms with Crippen molar-refractivity contribution in [3.8, 4) is 11.5 Å². The van der Waals surface area contributed by atoms with Gasteiger partial charge >= 0.3 is 0 Å². The normalized spacial score (nSPS) is 18.5. The minimum absolute atomic E-state index is 0.120. The van der Waals surface area contributed by atoms with E-state index in [2.05, 4.69) is 5.32 Å². The Bertz CT molecular complexity index is 493. The second kappa shape index (κ2) is 5.88. The molecule has 5 nitrogen and oxygen atoms in total. The Labute approximate surface area is 117 Å². The van der Waals surface area contributed by atoms with Crippen LogP contribution in [0.5, 0.6) is 11.5 Å². The third-order valence-electron chi connectivity index (χ3n) is 2.70. The Morgan fingerprint density at radius 1 is 1.53 bits per heavy atom. The van der Waals surface area contributed by atoms with Gasteiger partial charge in [0, 0.05) is 12.5 Å². The van der Waals surface area contributed by atoms with E-state index in [9.17, 15) is 4.79 Å². The summed E-state index contributed by atoms with van der Waals surface area (Å²) in [5.41, 5.74) is 5.43. The van der Waals surface area contributed by atoms with E-state index >= 15 is 0 Å². The fraction of sp³-hybridized carbons (Fsp3) is 0.385. The fourth-order valence-electron chi connectivity index (χ4n) is 1.84. The molecule has 1 aromatic carbocycles. The van der Waals surface area contributed by atoms with Gasteiger partial charge < -0.3 is 20.5 Å². The van der Waals surface area contributed by atoms with Crippen LogP contribution in [0.1, 0.15) is 13.3 Å². The van der Waals surface area contributed by atoms with Crippen LogP contribution < -0.4 is 20.5 Å². The predicted octanol–water partition coefficient (Wildman–Crippen LogP) is 1.01. The summed E-state index contributed by atoms with van der Waals surface area (Å²) >= 11 is 4.80. The van der Waals surface area contributed by atoms with Crippen molar-refractivity contribution < 1.29 is 14.3 Å². The molecule has 1 heterocycles. The Balaban J connectivity index is 1.93. The van der Waals surface area contributed by atoms with Gasteiger partial charge in [0.15, 0.2) is 11.5 Å². The van der Waals surface area contributed by atoms with E-state index in [0.29, 0.717) is 22.9 Å². The van der Waals surface area contributed by atoms with Crippen molar-refractivity contribution in [2.75, 3.05) is 6.61 Å². The largest absolute Gasteiger partial charge is 0.485 e. The molecule has 19 heavy (non-hydrogen) atoms. The highest BCUT2D eigenvalue weighted by Crippen LogP contribution is 2.30. The number of hydrogen-bond acceptors (Lipinski definition) is 4. The molecule has 0 spiro atoms. The Morgan fingerprint density at radius 2 is 2.21 bits per heavy atom. The van der Waals surface area contributed by atoms with E-state index in [1.165, 1.54) is 0 Å². The number of para-hydroxylation sites is 2. The van der Waals surface area contributed by atoms with E-state index in [-0.39, 0.29) is 18.6 Å². The quantitative estimate of drug-likeness (QED) is 0.805. The SMILES string of the molecule is CC(CC(N)=S)NC(=O)C1COc2ccccc2O1. The lowest BCUT2D eigenvalue weighted by atomic mass is 10.2. The van der Waals surface area contributed by atoms with Crippen molar-refractivity contribution in [1.82, 2.24) is 5.32 Å². The highest BCUT2D eigenvalue weighted by molar-refractivity contribution is 7.80. The van der Waals surface area contributed by atoms with Gasteiger partial charge in [-0.25, -0.2) is 0 Å². The smallest absolute Gasteiger partial charge is 0.264 e. The number of benzene rings is 1. The molecule has 0 aromatic heterocycles. The van der Waals surface area contributed by atoms with Gasteiger partial charge in [-0.1, -0.05) is 24.4 Å². The molecular weight excluding hydrogens is 264 g/mol. The van der Waals surface area contributed by atoms with Crippen LogP contribution in [0, 0.1) is 0 Å². The Kier molecular flexibility index (Phi) is 4.21. The fourth-order valence-corrected chi connectivity index (χ4v) is 2.09. The number of nitrogens with two attached hydrogens (primary N) is 1. The standard InChI is InChI=1S/C13H16N2O3S/c1-8(6-12(14)19)15-13(16)11-7-17-9-4-2-3-5-10(9)18-11/h2-5,8,11H,6-7H2,1H3,(H2,14,19)(H,15,16). The lowest BCUT2D eigenvalue weighted by molar-refractivity contribution is -0.130. The minimum atomic E-state index is -0.649. The average Bonchev–Trinajstić information content (AvgIpc) is 2.37. The van der Waals surface area contributed by atoms with Crippen molar-refractivity contribution in [2.24, 2.45) is 5.73 Å². The van der Waals surface area contributed by atoms with E-state index in [1.807, 2.05) is 19.1 Å². The second-order valence-corrected chi connectivity index (χ2v) is 4.97. The molecule has 0 fully saturated rings. The molecule has 1 aliphatic heterocycles. The van der Waals surface area contributed by atoms with Crippen molar-refractivity contribution in [3.05, 3.63) is 24.3 Å². The number of fused-ring (bicyclic) bond motifs is 1. The number of hydrogen-bond donors (Lipinski definition) is 2. The highest BCUT2D eigenvalue weighted by atomic mass is 32.1. The third-order valence-corrected chi connectivity index (χ3v) is 2.86. The number of nitrogens with one attached hydrogen (secondary N) is 1. The van der Waals surface area contributed by atoms with Crippen LogP contribution in [0.25, 0.3) is 0 Å². The summed E-state index contributed by atoms with van der Waals surface area (Å²) in [7, 11) is 0. The number of rotatable bonds is 4. The first kappa shape index (κ1) is 13.6. The maximum absolute atomic E-state index is 12.0. The second-order valence-electron chi connectivity index (χ2n) is 4.44. The first-order valence-electron chi connectivity index (χ1n) is 6.03. The van der Waals surface area contributed by atoms with E-state index < -0.39 is 6.10 Å². The zero-order valence-corrected chi connectivity index (χ0v) is 11.4. The molecule has 2 unspecified atom stereocenters. The number of amides is 1. The monoisotopic (exact) mass is 280 g/mol. The molecule has 102 valence electrons. The minimum Gasteiger partial charge on any atom is -0.485 e. The van der Waals surface area contributed by atoms with Gasteiger partial charge in [0.2, 0.25) is 6.10 Å². The van der Waals surface area contributed by atoms with Gasteiger partial charge in [0.05, 0.1) is 4.99 Å². The lowest BCUT2D eigenvalue weighted by Crippen LogP contribution is -2.47. The van der Waals surface area contributed by atoms with Gasteiger partial charge in [-0.3, -0.25) is 4.79 Å². The zero-order chi connectivity index (χ0) is 13.8. The first-order chi connectivity index (χ1) is 9.06. The van der Waals surface area contributed by atoms with E-state index in [1.54, 1.807) is 12.1 Å². The van der Waals surface area contributed by atoms with Gasteiger partial charge in [-0.2, -0.15) is 0 Å². The molecule has 2 atom stereocenters. The predicted molar refractivity (Wildman–Crippen MR) is 75.4 cm³/mol. The molecule has 0 bridgehead atoms. The summed E-state index contributed by atoms with van der Waals surface area (Å²) in [4.78, 5) is 12.4. The Morgan fingerprint density at radius 3 is 2.89 bits per heavy atom. The number of carbonyl (C=O) groups excluding carboxylic acids is 1. The number of ether oxygens (including phenoxy) is 2. The number of thiocarbonyl (C=S) groups is 1. The summed E-state index contributed by atoms with van der Waals surface area (Å²) in [5, 5.41) is 2.80. The number of carbonyl (C=O) groups is 1. The summed E-state index contributed by atoms with van der Waals surface area (Å²) < 4.78 is 11.1. The van der Waals surface area contributed by atoms with Crippen LogP contribution in [-0.2, 0) is 4.79 Å². The van der Waals surface area contributed by atoms with Crippen molar-refractivity contribution in [1.29, 1.82) is 0 Å². The molecule has 6 heteroatoms. The molecule has 0 radical (unpaired) electrons. The van der Waals surface area contributed by atoms with Crippen LogP contribution in [0.4, 0.5) is 0 Å². The molecular formula is C13H16N2O3S. The molecule has 1 amide bonds. The summed E-state index contributed by atoms with van der Waals surface area (Å²) in [5.74, 6) is 1.01. The molecule has 1 aromatic rings. The van der Waals surface area contributed by atoms with Crippen LogP contribution in [0.15, 0.2) is 24.3 Å². The third kappa shape index (κ3) is 3.57. The molecule has 1 aliphatic rings. The summed E-state index contributed by atoms with van der Waals surface area (Å²) in [6, 6.07) is 7.14. The van der Waals surface area contributed by atoms with E-state index in [4.69, 9.17) is 27.4 Å². The topological polar surface area (TPSA) is 73.6 Å². The van der Waals surface area contributed by atoms with Gasteiger partial charge in [-0.05, 0) is 19.1 Å². The average molecular weight is 280 g/mol. The molecule has 0 aliphatic carbocycles. The van der Waals surface area contributed by atoms with Crippen molar-refractivity contribution in [2.45, 2.75) is 25.5 Å².